The fourth-order valence-electron chi connectivity index (χ4n) is 0.741. The Labute approximate surface area is 89.6 Å². The van der Waals surface area contributed by atoms with Crippen molar-refractivity contribution in [2.75, 3.05) is 7.11 Å². The Morgan fingerprint density at radius 1 is 1.46 bits per heavy atom. The highest BCUT2D eigenvalue weighted by Crippen LogP contribution is 2.26. The largest absolute Gasteiger partial charge is 0.465 e. The molecule has 0 spiro atoms. The van der Waals surface area contributed by atoms with Gasteiger partial charge in [-0.15, -0.1) is 0 Å². The number of carbonyl (C=O) groups excluding carboxylic acids is 1. The molecule has 0 aliphatic carbocycles. The minimum Gasteiger partial charge on any atom is -0.465 e. The average molecular weight is 240 g/mol. The number of aromatic nitrogens is 1. The first-order chi connectivity index (χ1) is 6.06. The molecular weight excluding hydrogens is 236 g/mol. The average Bonchev–Trinajstić information content (AvgIpc) is 2.02. The van der Waals surface area contributed by atoms with Crippen molar-refractivity contribution in [3.63, 3.8) is 0 Å². The minimum absolute atomic E-state index is 0.0234. The molecule has 1 aromatic heterocycles. The molecule has 0 saturated carbocycles. The van der Waals surface area contributed by atoms with Gasteiger partial charge in [-0.3, -0.25) is 0 Å². The summed E-state index contributed by atoms with van der Waals surface area (Å²) < 4.78 is 4.45. The molecule has 0 saturated heterocycles. The quantitative estimate of drug-likeness (QED) is 0.560. The van der Waals surface area contributed by atoms with Crippen molar-refractivity contribution in [3.05, 3.63) is 27.0 Å². The van der Waals surface area contributed by atoms with E-state index in [0.717, 1.165) is 0 Å². The number of ether oxygens (including phenoxy) is 1. The molecule has 6 heteroatoms. The van der Waals surface area contributed by atoms with Crippen LogP contribution in [0, 0.1) is 0 Å². The monoisotopic (exact) mass is 239 g/mol. The van der Waals surface area contributed by atoms with Gasteiger partial charge in [0.15, 0.2) is 0 Å². The number of carbonyl (C=O) groups is 1. The number of pyridine rings is 1. The summed E-state index contributed by atoms with van der Waals surface area (Å²) in [5, 5.41) is 0.184. The molecule has 3 nitrogen and oxygen atoms in total. The molecular formula is C7H4Cl3NO2. The lowest BCUT2D eigenvalue weighted by atomic mass is 10.3. The number of rotatable bonds is 1. The van der Waals surface area contributed by atoms with E-state index in [1.54, 1.807) is 0 Å². The van der Waals surface area contributed by atoms with Crippen molar-refractivity contribution < 1.29 is 9.53 Å². The van der Waals surface area contributed by atoms with Crippen LogP contribution >= 0.6 is 34.8 Å². The molecule has 13 heavy (non-hydrogen) atoms. The number of hydrogen-bond acceptors (Lipinski definition) is 3. The standard InChI is InChI=1S/C7H4Cl3NO2/c1-13-7(12)5-3(8)2-4(9)11-6(5)10/h2H,1H3. The van der Waals surface area contributed by atoms with Crippen LogP contribution in [0.4, 0.5) is 0 Å². The maximum atomic E-state index is 11.1. The zero-order valence-electron chi connectivity index (χ0n) is 6.47. The van der Waals surface area contributed by atoms with Crippen LogP contribution in [-0.2, 0) is 4.74 Å². The Hall–Kier alpha value is -0.510. The lowest BCUT2D eigenvalue weighted by Gasteiger charge is -2.03. The van der Waals surface area contributed by atoms with Crippen molar-refractivity contribution in [2.24, 2.45) is 0 Å². The van der Waals surface area contributed by atoms with Crippen LogP contribution in [0.25, 0.3) is 0 Å². The van der Waals surface area contributed by atoms with E-state index in [4.69, 9.17) is 34.8 Å². The molecule has 0 bridgehead atoms. The maximum Gasteiger partial charge on any atom is 0.342 e. The van der Waals surface area contributed by atoms with E-state index in [-0.39, 0.29) is 20.9 Å². The normalized spacial score (nSPS) is 9.85. The molecule has 0 unspecified atom stereocenters. The van der Waals surface area contributed by atoms with Gasteiger partial charge in [0.1, 0.15) is 15.9 Å². The Bertz CT molecular complexity index is 331. The van der Waals surface area contributed by atoms with Crippen LogP contribution in [0.5, 0.6) is 0 Å². The topological polar surface area (TPSA) is 39.2 Å². The van der Waals surface area contributed by atoms with Gasteiger partial charge in [-0.05, 0) is 6.07 Å². The van der Waals surface area contributed by atoms with Gasteiger partial charge in [-0.1, -0.05) is 34.8 Å². The number of nitrogens with zero attached hydrogens (tertiary/aromatic N) is 1. The SMILES string of the molecule is COC(=O)c1c(Cl)cc(Cl)nc1Cl. The van der Waals surface area contributed by atoms with E-state index in [0.29, 0.717) is 0 Å². The van der Waals surface area contributed by atoms with E-state index >= 15 is 0 Å². The first-order valence-corrected chi connectivity index (χ1v) is 4.29. The molecule has 1 rings (SSSR count). The highest BCUT2D eigenvalue weighted by atomic mass is 35.5. The summed E-state index contributed by atoms with van der Waals surface area (Å²) in [4.78, 5) is 14.7. The zero-order valence-corrected chi connectivity index (χ0v) is 8.74. The van der Waals surface area contributed by atoms with Gasteiger partial charge in [0, 0.05) is 0 Å². The van der Waals surface area contributed by atoms with E-state index < -0.39 is 5.97 Å². The number of methoxy groups -OCH3 is 1. The predicted molar refractivity (Wildman–Crippen MR) is 50.6 cm³/mol. The Balaban J connectivity index is 3.28. The van der Waals surface area contributed by atoms with Gasteiger partial charge in [0.2, 0.25) is 0 Å². The van der Waals surface area contributed by atoms with E-state index in [9.17, 15) is 4.79 Å². The van der Waals surface area contributed by atoms with Crippen molar-refractivity contribution in [3.8, 4) is 0 Å². The summed E-state index contributed by atoms with van der Waals surface area (Å²) in [6.07, 6.45) is 0. The van der Waals surface area contributed by atoms with Gasteiger partial charge in [0.05, 0.1) is 12.1 Å². The van der Waals surface area contributed by atoms with Gasteiger partial charge < -0.3 is 4.74 Å². The third-order valence-electron chi connectivity index (χ3n) is 1.29. The first kappa shape index (κ1) is 10.6. The fourth-order valence-corrected chi connectivity index (χ4v) is 1.62. The molecule has 0 atom stereocenters. The molecule has 0 aliphatic heterocycles. The maximum absolute atomic E-state index is 11.1. The number of esters is 1. The summed E-state index contributed by atoms with van der Waals surface area (Å²) in [6, 6.07) is 1.32. The number of halogens is 3. The number of hydrogen-bond donors (Lipinski definition) is 0. The van der Waals surface area contributed by atoms with E-state index in [1.165, 1.54) is 13.2 Å². The molecule has 0 aromatic carbocycles. The fraction of sp³-hybridized carbons (Fsp3) is 0.143. The second kappa shape index (κ2) is 4.13. The summed E-state index contributed by atoms with van der Waals surface area (Å²) >= 11 is 16.9. The molecule has 70 valence electrons. The van der Waals surface area contributed by atoms with Crippen LogP contribution in [0.15, 0.2) is 6.07 Å². The summed E-state index contributed by atoms with van der Waals surface area (Å²) in [7, 11) is 1.23. The highest BCUT2D eigenvalue weighted by molar-refractivity contribution is 6.40. The smallest absolute Gasteiger partial charge is 0.342 e. The van der Waals surface area contributed by atoms with Gasteiger partial charge in [0.25, 0.3) is 0 Å². The second-order valence-corrected chi connectivity index (χ2v) is 3.24. The molecule has 1 aromatic rings. The predicted octanol–water partition coefficient (Wildman–Crippen LogP) is 2.83. The Kier molecular flexibility index (Phi) is 3.36. The Morgan fingerprint density at radius 2 is 2.08 bits per heavy atom. The van der Waals surface area contributed by atoms with Crippen LogP contribution in [0.1, 0.15) is 10.4 Å². The molecule has 0 N–H and O–H groups in total. The molecule has 0 radical (unpaired) electrons. The lowest BCUT2D eigenvalue weighted by Crippen LogP contribution is -2.04. The van der Waals surface area contributed by atoms with Crippen LogP contribution in [0.3, 0.4) is 0 Å². The van der Waals surface area contributed by atoms with Crippen molar-refractivity contribution >= 4 is 40.8 Å². The van der Waals surface area contributed by atoms with Gasteiger partial charge in [-0.25, -0.2) is 9.78 Å². The van der Waals surface area contributed by atoms with Crippen molar-refractivity contribution in [2.45, 2.75) is 0 Å². The highest BCUT2D eigenvalue weighted by Gasteiger charge is 2.17. The zero-order chi connectivity index (χ0) is 10.0. The van der Waals surface area contributed by atoms with Gasteiger partial charge >= 0.3 is 5.97 Å². The molecule has 0 amide bonds. The first-order valence-electron chi connectivity index (χ1n) is 3.16. The second-order valence-electron chi connectivity index (χ2n) is 2.08. The van der Waals surface area contributed by atoms with Crippen LogP contribution in [-0.4, -0.2) is 18.1 Å². The summed E-state index contributed by atoms with van der Waals surface area (Å²) in [6.45, 7) is 0. The molecule has 0 aliphatic rings. The third-order valence-corrected chi connectivity index (χ3v) is 2.05. The van der Waals surface area contributed by atoms with E-state index in [1.807, 2.05) is 0 Å². The van der Waals surface area contributed by atoms with Crippen LogP contribution < -0.4 is 0 Å². The van der Waals surface area contributed by atoms with E-state index in [2.05, 4.69) is 9.72 Å². The van der Waals surface area contributed by atoms with Crippen molar-refractivity contribution in [1.29, 1.82) is 0 Å². The molecule has 0 fully saturated rings. The summed E-state index contributed by atoms with van der Waals surface area (Å²) in [5.41, 5.74) is 0.0234. The third kappa shape index (κ3) is 2.24. The lowest BCUT2D eigenvalue weighted by molar-refractivity contribution is 0.0600. The molecule has 1 heterocycles. The Morgan fingerprint density at radius 3 is 2.54 bits per heavy atom. The van der Waals surface area contributed by atoms with Gasteiger partial charge in [-0.2, -0.15) is 0 Å². The minimum atomic E-state index is -0.640. The van der Waals surface area contributed by atoms with Crippen molar-refractivity contribution in [1.82, 2.24) is 4.98 Å². The van der Waals surface area contributed by atoms with Crippen LogP contribution in [0.2, 0.25) is 15.3 Å². The summed E-state index contributed by atoms with van der Waals surface area (Å²) in [5.74, 6) is -0.640.